The molecule has 0 aliphatic rings. The highest BCUT2D eigenvalue weighted by molar-refractivity contribution is 9.10. The van der Waals surface area contributed by atoms with Crippen molar-refractivity contribution in [3.8, 4) is 0 Å². The van der Waals surface area contributed by atoms with E-state index in [4.69, 9.17) is 5.73 Å². The van der Waals surface area contributed by atoms with E-state index >= 15 is 0 Å². The summed E-state index contributed by atoms with van der Waals surface area (Å²) in [6.45, 7) is 0.215. The van der Waals surface area contributed by atoms with Crippen LogP contribution in [0.25, 0.3) is 0 Å². The number of nitrogen functional groups attached to an aromatic ring is 1. The maximum absolute atomic E-state index is 13.2. The number of aromatic amines is 1. The molecular formula is C11H13BrFN5O2S. The molecule has 2 aromatic rings. The van der Waals surface area contributed by atoms with Crippen LogP contribution in [0.15, 0.2) is 27.8 Å². The third-order valence-corrected chi connectivity index (χ3v) is 5.11. The smallest absolute Gasteiger partial charge is 0.241 e. The van der Waals surface area contributed by atoms with Gasteiger partial charge in [0.25, 0.3) is 0 Å². The Morgan fingerprint density at radius 2 is 2.19 bits per heavy atom. The Labute approximate surface area is 129 Å². The van der Waals surface area contributed by atoms with Gasteiger partial charge in [-0.1, -0.05) is 0 Å². The Balaban J connectivity index is 2.00. The zero-order valence-corrected chi connectivity index (χ0v) is 13.2. The highest BCUT2D eigenvalue weighted by atomic mass is 79.9. The van der Waals surface area contributed by atoms with Crippen molar-refractivity contribution in [1.82, 2.24) is 19.9 Å². The Morgan fingerprint density at radius 1 is 1.43 bits per heavy atom. The summed E-state index contributed by atoms with van der Waals surface area (Å²) in [5, 5.41) is 6.38. The van der Waals surface area contributed by atoms with Crippen LogP contribution in [0.4, 0.5) is 10.1 Å². The molecule has 0 bridgehead atoms. The Kier molecular flexibility index (Phi) is 4.91. The van der Waals surface area contributed by atoms with Gasteiger partial charge in [0.15, 0.2) is 0 Å². The molecule has 21 heavy (non-hydrogen) atoms. The first-order valence-electron chi connectivity index (χ1n) is 5.98. The summed E-state index contributed by atoms with van der Waals surface area (Å²) < 4.78 is 40.0. The van der Waals surface area contributed by atoms with Crippen LogP contribution in [-0.4, -0.2) is 30.1 Å². The number of rotatable bonds is 6. The van der Waals surface area contributed by atoms with Gasteiger partial charge in [-0.15, -0.1) is 0 Å². The molecule has 1 aromatic carbocycles. The summed E-state index contributed by atoms with van der Waals surface area (Å²) in [7, 11) is -3.76. The standard InChI is InChI=1S/C11H13BrFN5O2S/c12-7-4-8(13)9(14)5-10(7)21(19,20)17-3-1-2-11-15-6-16-18-11/h4-6,17H,1-3,14H2,(H,15,16,18). The van der Waals surface area contributed by atoms with Gasteiger partial charge in [0.05, 0.1) is 10.6 Å². The number of aryl methyl sites for hydroxylation is 1. The van der Waals surface area contributed by atoms with Crippen molar-refractivity contribution in [3.63, 3.8) is 0 Å². The number of nitrogens with zero attached hydrogens (tertiary/aromatic N) is 2. The quantitative estimate of drug-likeness (QED) is 0.516. The predicted octanol–water partition coefficient (Wildman–Crippen LogP) is 1.20. The fourth-order valence-corrected chi connectivity index (χ4v) is 3.76. The minimum atomic E-state index is -3.76. The van der Waals surface area contributed by atoms with Crippen LogP contribution >= 0.6 is 15.9 Å². The van der Waals surface area contributed by atoms with Gasteiger partial charge >= 0.3 is 0 Å². The third kappa shape index (κ3) is 3.99. The number of H-pyrrole nitrogens is 1. The Bertz CT molecular complexity index is 720. The molecule has 4 N–H and O–H groups in total. The first kappa shape index (κ1) is 15.9. The summed E-state index contributed by atoms with van der Waals surface area (Å²) in [4.78, 5) is 3.84. The van der Waals surface area contributed by atoms with Crippen LogP contribution in [0.5, 0.6) is 0 Å². The van der Waals surface area contributed by atoms with Gasteiger partial charge in [-0.05, 0) is 34.5 Å². The van der Waals surface area contributed by atoms with Gasteiger partial charge in [0.2, 0.25) is 10.0 Å². The van der Waals surface area contributed by atoms with Crippen LogP contribution in [0.1, 0.15) is 12.2 Å². The first-order chi connectivity index (χ1) is 9.90. The monoisotopic (exact) mass is 377 g/mol. The molecule has 0 radical (unpaired) electrons. The summed E-state index contributed by atoms with van der Waals surface area (Å²) in [5.41, 5.74) is 5.18. The van der Waals surface area contributed by atoms with Gasteiger partial charge in [-0.3, -0.25) is 5.10 Å². The van der Waals surface area contributed by atoms with Crippen molar-refractivity contribution in [2.24, 2.45) is 0 Å². The van der Waals surface area contributed by atoms with Crippen molar-refractivity contribution in [2.75, 3.05) is 12.3 Å². The summed E-state index contributed by atoms with van der Waals surface area (Å²) in [5.74, 6) is 0.00699. The van der Waals surface area contributed by atoms with E-state index in [-0.39, 0.29) is 21.6 Å². The molecular weight excluding hydrogens is 365 g/mol. The van der Waals surface area contributed by atoms with Gasteiger partial charge in [0, 0.05) is 17.4 Å². The van der Waals surface area contributed by atoms with Gasteiger partial charge in [-0.2, -0.15) is 5.10 Å². The van der Waals surface area contributed by atoms with Crippen molar-refractivity contribution in [2.45, 2.75) is 17.7 Å². The number of aromatic nitrogens is 3. The second-order valence-electron chi connectivity index (χ2n) is 4.24. The lowest BCUT2D eigenvalue weighted by atomic mass is 10.3. The van der Waals surface area contributed by atoms with Gasteiger partial charge < -0.3 is 5.73 Å². The maximum atomic E-state index is 13.2. The van der Waals surface area contributed by atoms with Crippen molar-refractivity contribution >= 4 is 31.6 Å². The molecule has 10 heteroatoms. The van der Waals surface area contributed by atoms with E-state index in [0.29, 0.717) is 18.7 Å². The van der Waals surface area contributed by atoms with E-state index in [1.165, 1.54) is 6.33 Å². The molecule has 0 fully saturated rings. The fourth-order valence-electron chi connectivity index (χ4n) is 1.64. The number of sulfonamides is 1. The lowest BCUT2D eigenvalue weighted by Crippen LogP contribution is -2.25. The van der Waals surface area contributed by atoms with Gasteiger partial charge in [-0.25, -0.2) is 22.5 Å². The zero-order chi connectivity index (χ0) is 15.5. The van der Waals surface area contributed by atoms with E-state index in [1.807, 2.05) is 0 Å². The van der Waals surface area contributed by atoms with Crippen LogP contribution < -0.4 is 10.5 Å². The number of hydrogen-bond acceptors (Lipinski definition) is 5. The Morgan fingerprint density at radius 3 is 2.86 bits per heavy atom. The SMILES string of the molecule is Nc1cc(S(=O)(=O)NCCCc2ncn[nH]2)c(Br)cc1F. The minimum Gasteiger partial charge on any atom is -0.396 e. The molecule has 1 heterocycles. The number of nitrogens with one attached hydrogen (secondary N) is 2. The topological polar surface area (TPSA) is 114 Å². The normalized spacial score (nSPS) is 11.7. The molecule has 2 rings (SSSR count). The molecule has 0 saturated carbocycles. The minimum absolute atomic E-state index is 0.0962. The van der Waals surface area contributed by atoms with E-state index in [0.717, 1.165) is 12.1 Å². The Hall–Kier alpha value is -1.52. The van der Waals surface area contributed by atoms with E-state index in [9.17, 15) is 12.8 Å². The molecule has 0 atom stereocenters. The largest absolute Gasteiger partial charge is 0.396 e. The summed E-state index contributed by atoms with van der Waals surface area (Å²) in [6.07, 6.45) is 2.50. The summed E-state index contributed by atoms with van der Waals surface area (Å²) in [6, 6.07) is 2.11. The third-order valence-electron chi connectivity index (χ3n) is 2.69. The molecule has 0 spiro atoms. The summed E-state index contributed by atoms with van der Waals surface area (Å²) >= 11 is 3.02. The molecule has 7 nitrogen and oxygen atoms in total. The molecule has 0 saturated heterocycles. The van der Waals surface area contributed by atoms with Crippen LogP contribution in [-0.2, 0) is 16.4 Å². The van der Waals surface area contributed by atoms with E-state index < -0.39 is 15.8 Å². The number of anilines is 1. The fraction of sp³-hybridized carbons (Fsp3) is 0.273. The average molecular weight is 378 g/mol. The molecule has 0 aliphatic carbocycles. The van der Waals surface area contributed by atoms with Crippen molar-refractivity contribution in [1.29, 1.82) is 0 Å². The molecule has 0 aliphatic heterocycles. The van der Waals surface area contributed by atoms with Crippen LogP contribution in [0, 0.1) is 5.82 Å². The molecule has 114 valence electrons. The van der Waals surface area contributed by atoms with Crippen molar-refractivity contribution < 1.29 is 12.8 Å². The van der Waals surface area contributed by atoms with Crippen molar-refractivity contribution in [3.05, 3.63) is 34.6 Å². The number of nitrogens with two attached hydrogens (primary N) is 1. The molecule has 1 aromatic heterocycles. The number of halogens is 2. The first-order valence-corrected chi connectivity index (χ1v) is 8.26. The lowest BCUT2D eigenvalue weighted by Gasteiger charge is -2.09. The molecule has 0 unspecified atom stereocenters. The number of hydrogen-bond donors (Lipinski definition) is 3. The number of benzene rings is 1. The van der Waals surface area contributed by atoms with E-state index in [1.54, 1.807) is 0 Å². The maximum Gasteiger partial charge on any atom is 0.241 e. The zero-order valence-electron chi connectivity index (χ0n) is 10.8. The molecule has 0 amide bonds. The van der Waals surface area contributed by atoms with Crippen LogP contribution in [0.3, 0.4) is 0 Å². The highest BCUT2D eigenvalue weighted by Crippen LogP contribution is 2.26. The van der Waals surface area contributed by atoms with Gasteiger partial charge in [0.1, 0.15) is 18.0 Å². The average Bonchev–Trinajstić information content (AvgIpc) is 2.92. The lowest BCUT2D eigenvalue weighted by molar-refractivity contribution is 0.577. The van der Waals surface area contributed by atoms with Crippen LogP contribution in [0.2, 0.25) is 0 Å². The second-order valence-corrected chi connectivity index (χ2v) is 6.83. The predicted molar refractivity (Wildman–Crippen MR) is 78.4 cm³/mol. The van der Waals surface area contributed by atoms with E-state index in [2.05, 4.69) is 35.8 Å². The highest BCUT2D eigenvalue weighted by Gasteiger charge is 2.19. The second kappa shape index (κ2) is 6.50.